The predicted molar refractivity (Wildman–Crippen MR) is 84.2 cm³/mol. The fourth-order valence-corrected chi connectivity index (χ4v) is 2.09. The average molecular weight is 271 g/mol. The molecule has 1 heterocycles. The van der Waals surface area contributed by atoms with Crippen LogP contribution < -0.4 is 0 Å². The van der Waals surface area contributed by atoms with Crippen LogP contribution in [0.5, 0.6) is 0 Å². The Morgan fingerprint density at radius 3 is 2.38 bits per heavy atom. The minimum Gasteiger partial charge on any atom is -0.295 e. The number of benzene rings is 2. The van der Waals surface area contributed by atoms with Crippen LogP contribution >= 0.6 is 0 Å². The molecule has 2 nitrogen and oxygen atoms in total. The van der Waals surface area contributed by atoms with Crippen LogP contribution in [0.25, 0.3) is 10.8 Å². The molecular weight excluding hydrogens is 258 g/mol. The number of aromatic nitrogens is 1. The first-order valence-electron chi connectivity index (χ1n) is 6.69. The van der Waals surface area contributed by atoms with Crippen molar-refractivity contribution in [1.82, 2.24) is 4.98 Å². The number of Topliss-reactive ketones (excluding diaryl/α,β-unsaturated/α-hetero) is 1. The molecule has 0 saturated carbocycles. The second kappa shape index (κ2) is 5.60. The maximum atomic E-state index is 11.2. The van der Waals surface area contributed by atoms with E-state index < -0.39 is 0 Å². The lowest BCUT2D eigenvalue weighted by Crippen LogP contribution is -1.90. The van der Waals surface area contributed by atoms with Crippen LogP contribution in [-0.4, -0.2) is 10.8 Å². The Morgan fingerprint density at radius 2 is 1.62 bits per heavy atom. The van der Waals surface area contributed by atoms with Crippen LogP contribution in [0.3, 0.4) is 0 Å². The Morgan fingerprint density at radius 1 is 0.905 bits per heavy atom. The Balaban J connectivity index is 1.89. The first kappa shape index (κ1) is 13.1. The lowest BCUT2D eigenvalue weighted by molar-refractivity contribution is 0.101. The largest absolute Gasteiger partial charge is 0.295 e. The van der Waals surface area contributed by atoms with Crippen molar-refractivity contribution in [1.29, 1.82) is 0 Å². The molecule has 3 aromatic rings. The molecular formula is C19H13NO. The number of nitrogens with zero attached hydrogens (tertiary/aromatic N) is 1. The molecule has 0 radical (unpaired) electrons. The maximum absolute atomic E-state index is 11.2. The smallest absolute Gasteiger partial charge is 0.159 e. The second-order valence-corrected chi connectivity index (χ2v) is 4.82. The third kappa shape index (κ3) is 2.98. The summed E-state index contributed by atoms with van der Waals surface area (Å²) in [6, 6.07) is 15.4. The number of carbonyl (C=O) groups is 1. The van der Waals surface area contributed by atoms with Crippen molar-refractivity contribution in [2.45, 2.75) is 6.92 Å². The van der Waals surface area contributed by atoms with Gasteiger partial charge in [0.05, 0.1) is 0 Å². The Labute approximate surface area is 123 Å². The third-order valence-electron chi connectivity index (χ3n) is 3.28. The zero-order valence-corrected chi connectivity index (χ0v) is 11.6. The van der Waals surface area contributed by atoms with Crippen LogP contribution in [0.4, 0.5) is 0 Å². The molecule has 0 unspecified atom stereocenters. The van der Waals surface area contributed by atoms with E-state index in [4.69, 9.17) is 0 Å². The van der Waals surface area contributed by atoms with Gasteiger partial charge in [-0.05, 0) is 42.6 Å². The number of hydrogen-bond donors (Lipinski definition) is 0. The Kier molecular flexibility index (Phi) is 3.49. The van der Waals surface area contributed by atoms with E-state index in [-0.39, 0.29) is 5.78 Å². The summed E-state index contributed by atoms with van der Waals surface area (Å²) in [5.41, 5.74) is 2.57. The summed E-state index contributed by atoms with van der Waals surface area (Å²) in [5.74, 6) is 6.33. The van der Waals surface area contributed by atoms with Crippen molar-refractivity contribution in [2.75, 3.05) is 0 Å². The average Bonchev–Trinajstić information content (AvgIpc) is 2.53. The molecule has 0 aliphatic rings. The van der Waals surface area contributed by atoms with Crippen LogP contribution in [-0.2, 0) is 0 Å². The third-order valence-corrected chi connectivity index (χ3v) is 3.28. The molecule has 0 N–H and O–H groups in total. The van der Waals surface area contributed by atoms with E-state index in [1.807, 2.05) is 42.6 Å². The molecule has 3 rings (SSSR count). The summed E-state index contributed by atoms with van der Waals surface area (Å²) in [7, 11) is 0. The van der Waals surface area contributed by atoms with Crippen molar-refractivity contribution in [3.05, 3.63) is 77.6 Å². The summed E-state index contributed by atoms with van der Waals surface area (Å²) < 4.78 is 0. The van der Waals surface area contributed by atoms with Crippen molar-refractivity contribution in [3.8, 4) is 11.8 Å². The van der Waals surface area contributed by atoms with Crippen molar-refractivity contribution >= 4 is 16.6 Å². The highest BCUT2D eigenvalue weighted by molar-refractivity contribution is 5.94. The van der Waals surface area contributed by atoms with Gasteiger partial charge in [-0.15, -0.1) is 0 Å². The van der Waals surface area contributed by atoms with Crippen LogP contribution in [0.1, 0.15) is 28.4 Å². The SMILES string of the molecule is CC(=O)c1ccc(C#Cc2ccc3cnccc3c2)cc1. The minimum atomic E-state index is 0.0673. The number of rotatable bonds is 1. The van der Waals surface area contributed by atoms with Gasteiger partial charge in [0.15, 0.2) is 5.78 Å². The van der Waals surface area contributed by atoms with E-state index in [9.17, 15) is 4.79 Å². The van der Waals surface area contributed by atoms with Crippen molar-refractivity contribution < 1.29 is 4.79 Å². The van der Waals surface area contributed by atoms with E-state index in [0.29, 0.717) is 5.56 Å². The van der Waals surface area contributed by atoms with Gasteiger partial charge in [-0.2, -0.15) is 0 Å². The van der Waals surface area contributed by atoms with Gasteiger partial charge >= 0.3 is 0 Å². The summed E-state index contributed by atoms with van der Waals surface area (Å²) >= 11 is 0. The minimum absolute atomic E-state index is 0.0673. The molecule has 2 heteroatoms. The molecule has 0 fully saturated rings. The van der Waals surface area contributed by atoms with Gasteiger partial charge in [0.25, 0.3) is 0 Å². The number of hydrogen-bond acceptors (Lipinski definition) is 2. The van der Waals surface area contributed by atoms with Gasteiger partial charge in [-0.25, -0.2) is 0 Å². The van der Waals surface area contributed by atoms with E-state index in [2.05, 4.69) is 16.8 Å². The van der Waals surface area contributed by atoms with Crippen LogP contribution in [0.2, 0.25) is 0 Å². The van der Waals surface area contributed by atoms with E-state index in [1.54, 1.807) is 25.3 Å². The summed E-state index contributed by atoms with van der Waals surface area (Å²) in [5, 5.41) is 2.23. The predicted octanol–water partition coefficient (Wildman–Crippen LogP) is 3.84. The maximum Gasteiger partial charge on any atom is 0.159 e. The molecule has 0 aliphatic carbocycles. The zero-order valence-electron chi connectivity index (χ0n) is 11.6. The van der Waals surface area contributed by atoms with Gasteiger partial charge < -0.3 is 0 Å². The monoisotopic (exact) mass is 271 g/mol. The van der Waals surface area contributed by atoms with Gasteiger partial charge in [-0.1, -0.05) is 30.0 Å². The summed E-state index contributed by atoms with van der Waals surface area (Å²) in [4.78, 5) is 15.3. The van der Waals surface area contributed by atoms with Gasteiger partial charge in [0.2, 0.25) is 0 Å². The first-order chi connectivity index (χ1) is 10.2. The normalized spacial score (nSPS) is 9.95. The molecule has 0 atom stereocenters. The van der Waals surface area contributed by atoms with Gasteiger partial charge in [-0.3, -0.25) is 9.78 Å². The topological polar surface area (TPSA) is 30.0 Å². The molecule has 0 amide bonds. The molecule has 21 heavy (non-hydrogen) atoms. The fraction of sp³-hybridized carbons (Fsp3) is 0.0526. The summed E-state index contributed by atoms with van der Waals surface area (Å²) in [6.45, 7) is 1.56. The number of carbonyl (C=O) groups excluding carboxylic acids is 1. The van der Waals surface area contributed by atoms with Gasteiger partial charge in [0, 0.05) is 34.5 Å². The number of ketones is 1. The molecule has 0 spiro atoms. The van der Waals surface area contributed by atoms with E-state index in [1.165, 1.54) is 0 Å². The highest BCUT2D eigenvalue weighted by atomic mass is 16.1. The van der Waals surface area contributed by atoms with Crippen LogP contribution in [0, 0.1) is 11.8 Å². The van der Waals surface area contributed by atoms with Crippen LogP contribution in [0.15, 0.2) is 60.9 Å². The fourth-order valence-electron chi connectivity index (χ4n) is 2.09. The lowest BCUT2D eigenvalue weighted by atomic mass is 10.1. The Bertz CT molecular complexity index is 867. The van der Waals surface area contributed by atoms with E-state index >= 15 is 0 Å². The first-order valence-corrected chi connectivity index (χ1v) is 6.69. The quantitative estimate of drug-likeness (QED) is 0.497. The molecule has 0 saturated heterocycles. The second-order valence-electron chi connectivity index (χ2n) is 4.82. The van der Waals surface area contributed by atoms with E-state index in [0.717, 1.165) is 21.9 Å². The molecule has 0 bridgehead atoms. The standard InChI is InChI=1S/C19H13NO/c1-14(21)17-7-4-15(5-8-17)2-3-16-6-9-19-13-20-11-10-18(19)12-16/h4-13H,1H3. The molecule has 2 aromatic carbocycles. The van der Waals surface area contributed by atoms with Gasteiger partial charge in [0.1, 0.15) is 0 Å². The molecule has 1 aromatic heterocycles. The Hall–Kier alpha value is -2.92. The van der Waals surface area contributed by atoms with Crippen molar-refractivity contribution in [2.24, 2.45) is 0 Å². The lowest BCUT2D eigenvalue weighted by Gasteiger charge is -1.97. The summed E-state index contributed by atoms with van der Waals surface area (Å²) in [6.07, 6.45) is 3.62. The number of pyridine rings is 1. The molecule has 100 valence electrons. The molecule has 0 aliphatic heterocycles. The highest BCUT2D eigenvalue weighted by Crippen LogP contribution is 2.14. The van der Waals surface area contributed by atoms with Crippen molar-refractivity contribution in [3.63, 3.8) is 0 Å². The number of fused-ring (bicyclic) bond motifs is 1. The highest BCUT2D eigenvalue weighted by Gasteiger charge is 1.97. The zero-order chi connectivity index (χ0) is 14.7.